The molecular formula is C11H23ClN3O3S-. The lowest BCUT2D eigenvalue weighted by molar-refractivity contribution is 0.0489. The maximum absolute atomic E-state index is 11.4. The summed E-state index contributed by atoms with van der Waals surface area (Å²) in [5, 5.41) is 0. The monoisotopic (exact) mass is 312 g/mol. The van der Waals surface area contributed by atoms with Crippen LogP contribution in [0.15, 0.2) is 0 Å². The van der Waals surface area contributed by atoms with Crippen molar-refractivity contribution in [3.05, 3.63) is 0 Å². The first kappa shape index (κ1) is 17.3. The van der Waals surface area contributed by atoms with Crippen molar-refractivity contribution in [2.24, 2.45) is 0 Å². The first-order chi connectivity index (χ1) is 8.66. The Morgan fingerprint density at radius 3 is 2.63 bits per heavy atom. The minimum absolute atomic E-state index is 0. The van der Waals surface area contributed by atoms with Crippen molar-refractivity contribution in [2.75, 3.05) is 33.4 Å². The second kappa shape index (κ2) is 8.51. The van der Waals surface area contributed by atoms with Crippen molar-refractivity contribution in [2.45, 2.75) is 37.8 Å². The molecular weight excluding hydrogens is 290 g/mol. The number of likely N-dealkylation sites (tertiary alicyclic amines) is 1. The maximum Gasteiger partial charge on any atom is 0.0498 e. The molecule has 2 aliphatic rings. The Morgan fingerprint density at radius 1 is 1.37 bits per heavy atom. The molecule has 0 aromatic carbocycles. The van der Waals surface area contributed by atoms with E-state index in [1.165, 1.54) is 4.41 Å². The van der Waals surface area contributed by atoms with E-state index in [9.17, 15) is 8.76 Å². The van der Waals surface area contributed by atoms with E-state index in [1.54, 1.807) is 0 Å². The van der Waals surface area contributed by atoms with Crippen LogP contribution in [0, 0.1) is 0 Å². The topological polar surface area (TPSA) is 67.9 Å². The predicted octanol–water partition coefficient (Wildman–Crippen LogP) is 0.282. The van der Waals surface area contributed by atoms with Gasteiger partial charge in [-0.1, -0.05) is 0 Å². The quantitative estimate of drug-likeness (QED) is 0.597. The molecule has 2 atom stereocenters. The van der Waals surface area contributed by atoms with Gasteiger partial charge in [-0.15, -0.1) is 12.4 Å². The Labute approximate surface area is 123 Å². The lowest BCUT2D eigenvalue weighted by Gasteiger charge is -2.40. The summed E-state index contributed by atoms with van der Waals surface area (Å²) in [5.41, 5.74) is 3.16. The summed E-state index contributed by atoms with van der Waals surface area (Å²) in [6.07, 6.45) is 3.71. The number of hydrogen-bond acceptors (Lipinski definition) is 5. The summed E-state index contributed by atoms with van der Waals surface area (Å²) in [7, 11) is 2.03. The molecule has 0 radical (unpaired) electrons. The molecule has 114 valence electrons. The largest absolute Gasteiger partial charge is 0.759 e. The van der Waals surface area contributed by atoms with Gasteiger partial charge in [0.2, 0.25) is 0 Å². The molecule has 2 fully saturated rings. The van der Waals surface area contributed by atoms with Crippen molar-refractivity contribution < 1.29 is 13.5 Å². The van der Waals surface area contributed by atoms with Gasteiger partial charge in [0.15, 0.2) is 0 Å². The Balaban J connectivity index is 0.00000180. The van der Waals surface area contributed by atoms with E-state index in [4.69, 9.17) is 4.74 Å². The van der Waals surface area contributed by atoms with Crippen molar-refractivity contribution in [3.63, 3.8) is 0 Å². The van der Waals surface area contributed by atoms with Crippen LogP contribution >= 0.6 is 12.4 Å². The van der Waals surface area contributed by atoms with Gasteiger partial charge in [-0.2, -0.15) is 4.41 Å². The number of nitrogens with one attached hydrogen (secondary N) is 1. The fourth-order valence-corrected chi connectivity index (χ4v) is 3.26. The summed E-state index contributed by atoms with van der Waals surface area (Å²) in [5.74, 6) is 0. The molecule has 19 heavy (non-hydrogen) atoms. The second-order valence-corrected chi connectivity index (χ2v) is 5.94. The molecule has 1 N–H and O–H groups in total. The van der Waals surface area contributed by atoms with E-state index in [-0.39, 0.29) is 24.5 Å². The molecule has 0 spiro atoms. The van der Waals surface area contributed by atoms with E-state index in [2.05, 4.69) is 10.3 Å². The minimum Gasteiger partial charge on any atom is -0.759 e. The molecule has 2 heterocycles. The lowest BCUT2D eigenvalue weighted by atomic mass is 10.1. The number of rotatable bonds is 4. The Kier molecular flexibility index (Phi) is 7.74. The average molecular weight is 313 g/mol. The van der Waals surface area contributed by atoms with E-state index >= 15 is 0 Å². The molecule has 6 nitrogen and oxygen atoms in total. The van der Waals surface area contributed by atoms with Crippen LogP contribution in [0.5, 0.6) is 0 Å². The molecule has 8 heteroatoms. The van der Waals surface area contributed by atoms with Gasteiger partial charge in [0.25, 0.3) is 0 Å². The number of ether oxygens (including phenoxy) is 1. The Morgan fingerprint density at radius 2 is 2.05 bits per heavy atom. The van der Waals surface area contributed by atoms with Gasteiger partial charge in [-0.3, -0.25) is 4.21 Å². The predicted molar refractivity (Wildman–Crippen MR) is 75.5 cm³/mol. The number of hydrazine groups is 1. The van der Waals surface area contributed by atoms with E-state index < -0.39 is 11.3 Å². The summed E-state index contributed by atoms with van der Waals surface area (Å²) in [6.45, 7) is 3.26. The zero-order valence-corrected chi connectivity index (χ0v) is 12.9. The Bertz CT molecular complexity index is 292. The van der Waals surface area contributed by atoms with Crippen molar-refractivity contribution in [3.8, 4) is 0 Å². The smallest absolute Gasteiger partial charge is 0.0498 e. The van der Waals surface area contributed by atoms with Crippen LogP contribution in [0.2, 0.25) is 0 Å². The molecule has 0 bridgehead atoms. The highest BCUT2D eigenvalue weighted by atomic mass is 35.5. The average Bonchev–Trinajstić information content (AvgIpc) is 2.37. The summed E-state index contributed by atoms with van der Waals surface area (Å²) < 4.78 is 29.5. The highest BCUT2D eigenvalue weighted by Crippen LogP contribution is 2.16. The molecule has 0 amide bonds. The van der Waals surface area contributed by atoms with E-state index in [0.717, 1.165) is 38.8 Å². The minimum atomic E-state index is -2.21. The zero-order valence-electron chi connectivity index (χ0n) is 11.2. The molecule has 2 saturated heterocycles. The molecule has 0 saturated carbocycles. The second-order valence-electron chi connectivity index (χ2n) is 5.12. The normalized spacial score (nSPS) is 28.1. The van der Waals surface area contributed by atoms with Gasteiger partial charge in [-0.05, 0) is 39.3 Å². The first-order valence-electron chi connectivity index (χ1n) is 6.58. The number of nitrogens with zero attached hydrogens (tertiary/aromatic N) is 2. The van der Waals surface area contributed by atoms with Crippen LogP contribution in [0.1, 0.15) is 25.7 Å². The van der Waals surface area contributed by atoms with Crippen molar-refractivity contribution in [1.82, 2.24) is 14.7 Å². The highest BCUT2D eigenvalue weighted by Gasteiger charge is 2.27. The summed E-state index contributed by atoms with van der Waals surface area (Å²) in [6, 6.07) is 0.258. The third-order valence-electron chi connectivity index (χ3n) is 3.62. The molecule has 0 aromatic rings. The van der Waals surface area contributed by atoms with Gasteiger partial charge < -0.3 is 14.2 Å². The molecule has 2 rings (SSSR count). The zero-order chi connectivity index (χ0) is 13.0. The number of hydrogen-bond donors (Lipinski definition) is 1. The van der Waals surface area contributed by atoms with Crippen molar-refractivity contribution in [1.29, 1.82) is 0 Å². The molecule has 0 aliphatic carbocycles. The number of halogens is 1. The summed E-state index contributed by atoms with van der Waals surface area (Å²) >= 11 is -2.21. The van der Waals surface area contributed by atoms with Crippen LogP contribution < -0.4 is 5.43 Å². The fourth-order valence-electron chi connectivity index (χ4n) is 2.61. The maximum atomic E-state index is 11.4. The van der Waals surface area contributed by atoms with Gasteiger partial charge in [0.05, 0.1) is 0 Å². The Hall–Kier alpha value is 0.240. The van der Waals surface area contributed by atoms with Crippen LogP contribution in [0.3, 0.4) is 0 Å². The van der Waals surface area contributed by atoms with Crippen LogP contribution in [0.4, 0.5) is 0 Å². The fraction of sp³-hybridized carbons (Fsp3) is 1.00. The third kappa shape index (κ3) is 5.26. The molecule has 2 aliphatic heterocycles. The highest BCUT2D eigenvalue weighted by molar-refractivity contribution is 7.76. The molecule has 2 unspecified atom stereocenters. The van der Waals surface area contributed by atoms with Crippen molar-refractivity contribution >= 4 is 23.7 Å². The van der Waals surface area contributed by atoms with Gasteiger partial charge in [0, 0.05) is 43.1 Å². The van der Waals surface area contributed by atoms with Crippen LogP contribution in [-0.2, 0) is 16.0 Å². The molecule has 0 aromatic heterocycles. The standard InChI is InChI=1S/C11H23N3O3S.ClH/c1-13-6-2-3-11(9-13)14(18(15)16)12-10-4-7-17-8-5-10;/h10-12H,2-9H2,1H3,(H,15,16);1H/p-1. The SMILES string of the molecule is CN1CCCC(N(NC2CCOCC2)S(=O)[O-])C1.Cl. The van der Waals surface area contributed by atoms with E-state index in [0.29, 0.717) is 13.2 Å². The van der Waals surface area contributed by atoms with E-state index in [1.807, 2.05) is 7.05 Å². The number of likely N-dealkylation sites (N-methyl/N-ethyl adjacent to an activating group) is 1. The summed E-state index contributed by atoms with van der Waals surface area (Å²) in [4.78, 5) is 2.18. The number of piperidine rings is 1. The van der Waals surface area contributed by atoms with Gasteiger partial charge in [-0.25, -0.2) is 5.43 Å². The van der Waals surface area contributed by atoms with Gasteiger partial charge in [0.1, 0.15) is 0 Å². The van der Waals surface area contributed by atoms with Crippen LogP contribution in [0.25, 0.3) is 0 Å². The first-order valence-corrected chi connectivity index (χ1v) is 7.61. The van der Waals surface area contributed by atoms with Crippen LogP contribution in [-0.4, -0.2) is 63.5 Å². The lowest BCUT2D eigenvalue weighted by Crippen LogP contribution is -2.56. The third-order valence-corrected chi connectivity index (χ3v) is 4.35. The van der Waals surface area contributed by atoms with Gasteiger partial charge >= 0.3 is 0 Å².